The highest BCUT2D eigenvalue weighted by Gasteiger charge is 2.31. The van der Waals surface area contributed by atoms with E-state index in [-0.39, 0.29) is 17.9 Å². The summed E-state index contributed by atoms with van der Waals surface area (Å²) in [5.41, 5.74) is 0.568. The number of amides is 1. The third kappa shape index (κ3) is 3.94. The average molecular weight is 291 g/mol. The Labute approximate surface area is 126 Å². The molecule has 1 amide bonds. The zero-order valence-electron chi connectivity index (χ0n) is 12.9. The number of rotatable bonds is 5. The summed E-state index contributed by atoms with van der Waals surface area (Å²) in [5, 5.41) is 13.0. The quantitative estimate of drug-likeness (QED) is 0.872. The third-order valence-corrected chi connectivity index (χ3v) is 4.31. The molecule has 1 aliphatic rings. The Bertz CT molecular complexity index is 465. The van der Waals surface area contributed by atoms with Crippen LogP contribution >= 0.6 is 0 Å². The maximum absolute atomic E-state index is 11.8. The van der Waals surface area contributed by atoms with E-state index >= 15 is 0 Å². The largest absolute Gasteiger partial charge is 0.396 e. The van der Waals surface area contributed by atoms with Crippen molar-refractivity contribution in [3.63, 3.8) is 0 Å². The number of aromatic nitrogens is 1. The van der Waals surface area contributed by atoms with E-state index < -0.39 is 0 Å². The van der Waals surface area contributed by atoms with Crippen LogP contribution in [0.1, 0.15) is 42.5 Å². The van der Waals surface area contributed by atoms with Crippen LogP contribution in [-0.2, 0) is 0 Å². The van der Waals surface area contributed by atoms with Crippen molar-refractivity contribution in [2.75, 3.05) is 32.6 Å². The summed E-state index contributed by atoms with van der Waals surface area (Å²) in [6.45, 7) is 0.953. The molecule has 5 heteroatoms. The number of nitrogens with zero attached hydrogens (tertiary/aromatic N) is 2. The number of nitrogens with one attached hydrogen (secondary N) is 1. The van der Waals surface area contributed by atoms with Gasteiger partial charge in [0.25, 0.3) is 5.91 Å². The molecular formula is C16H25N3O2. The van der Waals surface area contributed by atoms with Crippen LogP contribution in [0.15, 0.2) is 18.3 Å². The smallest absolute Gasteiger partial charge is 0.254 e. The second-order valence-corrected chi connectivity index (χ2v) is 6.20. The molecule has 0 bridgehead atoms. The summed E-state index contributed by atoms with van der Waals surface area (Å²) in [4.78, 5) is 17.6. The average Bonchev–Trinajstić information content (AvgIpc) is 2.53. The van der Waals surface area contributed by atoms with E-state index in [0.29, 0.717) is 5.56 Å². The maximum atomic E-state index is 11.8. The van der Waals surface area contributed by atoms with Gasteiger partial charge in [-0.2, -0.15) is 0 Å². The number of hydrogen-bond acceptors (Lipinski definition) is 4. The van der Waals surface area contributed by atoms with Crippen LogP contribution in [-0.4, -0.2) is 48.1 Å². The van der Waals surface area contributed by atoms with Crippen molar-refractivity contribution in [2.24, 2.45) is 5.41 Å². The SMILES string of the molecule is CN(C)C(=O)c1ccc(NCC2(CO)CCCCC2)nc1. The van der Waals surface area contributed by atoms with Gasteiger partial charge in [0.15, 0.2) is 0 Å². The van der Waals surface area contributed by atoms with Gasteiger partial charge in [0.1, 0.15) is 5.82 Å². The zero-order valence-corrected chi connectivity index (χ0v) is 12.9. The van der Waals surface area contributed by atoms with Crippen LogP contribution in [0.3, 0.4) is 0 Å². The molecule has 0 radical (unpaired) electrons. The first-order valence-corrected chi connectivity index (χ1v) is 7.59. The Morgan fingerprint density at radius 3 is 2.57 bits per heavy atom. The lowest BCUT2D eigenvalue weighted by Crippen LogP contribution is -2.35. The van der Waals surface area contributed by atoms with Crippen LogP contribution in [0.25, 0.3) is 0 Å². The molecular weight excluding hydrogens is 266 g/mol. The number of carbonyl (C=O) groups excluding carboxylic acids is 1. The van der Waals surface area contributed by atoms with Gasteiger partial charge in [0.2, 0.25) is 0 Å². The molecule has 1 aromatic rings. The van der Waals surface area contributed by atoms with Crippen LogP contribution in [0.5, 0.6) is 0 Å². The molecule has 0 spiro atoms. The molecule has 1 saturated carbocycles. The number of carbonyl (C=O) groups is 1. The van der Waals surface area contributed by atoms with Crippen molar-refractivity contribution in [3.8, 4) is 0 Å². The van der Waals surface area contributed by atoms with E-state index in [9.17, 15) is 9.90 Å². The maximum Gasteiger partial charge on any atom is 0.254 e. The Balaban J connectivity index is 1.95. The number of hydrogen-bond donors (Lipinski definition) is 2. The third-order valence-electron chi connectivity index (χ3n) is 4.31. The first-order chi connectivity index (χ1) is 10.1. The van der Waals surface area contributed by atoms with E-state index in [1.54, 1.807) is 26.4 Å². The Kier molecular flexibility index (Phi) is 5.17. The van der Waals surface area contributed by atoms with Gasteiger partial charge < -0.3 is 15.3 Å². The lowest BCUT2D eigenvalue weighted by molar-refractivity contribution is 0.0827. The predicted octanol–water partition coefficient (Wildman–Crippen LogP) is 2.14. The highest BCUT2D eigenvalue weighted by molar-refractivity contribution is 5.93. The Hall–Kier alpha value is -1.62. The number of aliphatic hydroxyl groups is 1. The molecule has 2 N–H and O–H groups in total. The second kappa shape index (κ2) is 6.89. The van der Waals surface area contributed by atoms with Crippen molar-refractivity contribution in [1.29, 1.82) is 0 Å². The zero-order chi connectivity index (χ0) is 15.3. The van der Waals surface area contributed by atoms with Crippen LogP contribution in [0.2, 0.25) is 0 Å². The fourth-order valence-electron chi connectivity index (χ4n) is 2.85. The molecule has 0 saturated heterocycles. The lowest BCUT2D eigenvalue weighted by atomic mass is 9.74. The van der Waals surface area contributed by atoms with Crippen molar-refractivity contribution in [2.45, 2.75) is 32.1 Å². The molecule has 1 heterocycles. The monoisotopic (exact) mass is 291 g/mol. The van der Waals surface area contributed by atoms with E-state index in [4.69, 9.17) is 0 Å². The minimum atomic E-state index is -0.0480. The van der Waals surface area contributed by atoms with Crippen molar-refractivity contribution in [1.82, 2.24) is 9.88 Å². The van der Waals surface area contributed by atoms with E-state index in [0.717, 1.165) is 25.2 Å². The standard InChI is InChI=1S/C16H25N3O2/c1-19(2)15(21)13-6-7-14(17-10-13)18-11-16(12-20)8-4-3-5-9-16/h6-7,10,20H,3-5,8-9,11-12H2,1-2H3,(H,17,18). The van der Waals surface area contributed by atoms with Gasteiger partial charge in [0, 0.05) is 32.3 Å². The van der Waals surface area contributed by atoms with Crippen LogP contribution in [0.4, 0.5) is 5.82 Å². The summed E-state index contributed by atoms with van der Waals surface area (Å²) in [6.07, 6.45) is 7.36. The number of anilines is 1. The molecule has 1 fully saturated rings. The molecule has 0 aromatic carbocycles. The minimum absolute atomic E-state index is 0.0158. The van der Waals surface area contributed by atoms with Crippen molar-refractivity contribution < 1.29 is 9.90 Å². The van der Waals surface area contributed by atoms with E-state index in [1.165, 1.54) is 24.2 Å². The summed E-state index contributed by atoms with van der Waals surface area (Å²) in [6, 6.07) is 3.61. The second-order valence-electron chi connectivity index (χ2n) is 6.20. The van der Waals surface area contributed by atoms with Gasteiger partial charge in [0.05, 0.1) is 12.2 Å². The van der Waals surface area contributed by atoms with Gasteiger partial charge in [-0.1, -0.05) is 19.3 Å². The Morgan fingerprint density at radius 2 is 2.05 bits per heavy atom. The molecule has 116 valence electrons. The van der Waals surface area contributed by atoms with Gasteiger partial charge in [-0.05, 0) is 25.0 Å². The summed E-state index contributed by atoms with van der Waals surface area (Å²) >= 11 is 0. The predicted molar refractivity (Wildman–Crippen MR) is 83.3 cm³/mol. The first-order valence-electron chi connectivity index (χ1n) is 7.59. The fraction of sp³-hybridized carbons (Fsp3) is 0.625. The molecule has 1 aliphatic carbocycles. The topological polar surface area (TPSA) is 65.5 Å². The summed E-state index contributed by atoms with van der Waals surface area (Å²) < 4.78 is 0. The number of aliphatic hydroxyl groups excluding tert-OH is 1. The molecule has 0 atom stereocenters. The molecule has 0 aliphatic heterocycles. The molecule has 0 unspecified atom stereocenters. The van der Waals surface area contributed by atoms with Gasteiger partial charge in [-0.3, -0.25) is 4.79 Å². The summed E-state index contributed by atoms with van der Waals surface area (Å²) in [5.74, 6) is 0.705. The normalized spacial score (nSPS) is 17.3. The first kappa shape index (κ1) is 15.8. The molecule has 21 heavy (non-hydrogen) atoms. The molecule has 2 rings (SSSR count). The number of pyridine rings is 1. The van der Waals surface area contributed by atoms with E-state index in [2.05, 4.69) is 10.3 Å². The van der Waals surface area contributed by atoms with Gasteiger partial charge >= 0.3 is 0 Å². The fourth-order valence-corrected chi connectivity index (χ4v) is 2.85. The van der Waals surface area contributed by atoms with Gasteiger partial charge in [-0.15, -0.1) is 0 Å². The molecule has 1 aromatic heterocycles. The van der Waals surface area contributed by atoms with Gasteiger partial charge in [-0.25, -0.2) is 4.98 Å². The highest BCUT2D eigenvalue weighted by Crippen LogP contribution is 2.35. The van der Waals surface area contributed by atoms with Crippen molar-refractivity contribution >= 4 is 11.7 Å². The highest BCUT2D eigenvalue weighted by atomic mass is 16.3. The Morgan fingerprint density at radius 1 is 1.33 bits per heavy atom. The van der Waals surface area contributed by atoms with Crippen LogP contribution in [0, 0.1) is 5.41 Å². The van der Waals surface area contributed by atoms with E-state index in [1.807, 2.05) is 6.07 Å². The minimum Gasteiger partial charge on any atom is -0.396 e. The molecule has 5 nitrogen and oxygen atoms in total. The lowest BCUT2D eigenvalue weighted by Gasteiger charge is -2.35. The van der Waals surface area contributed by atoms with Crippen LogP contribution < -0.4 is 5.32 Å². The van der Waals surface area contributed by atoms with Crippen molar-refractivity contribution in [3.05, 3.63) is 23.9 Å². The summed E-state index contributed by atoms with van der Waals surface area (Å²) in [7, 11) is 3.45.